The van der Waals surface area contributed by atoms with Crippen molar-refractivity contribution in [3.05, 3.63) is 16.1 Å². The number of carbonyl (C=O) groups excluding carboxylic acids is 1. The molecule has 0 unspecified atom stereocenters. The summed E-state index contributed by atoms with van der Waals surface area (Å²) in [5, 5.41) is 3.23. The molecular formula is C15H25N3O2S. The van der Waals surface area contributed by atoms with E-state index in [1.807, 2.05) is 25.7 Å². The fourth-order valence-electron chi connectivity index (χ4n) is 2.35. The maximum Gasteiger partial charge on any atom is 0.409 e. The van der Waals surface area contributed by atoms with Gasteiger partial charge in [0.1, 0.15) is 0 Å². The molecule has 1 fully saturated rings. The fraction of sp³-hybridized carbons (Fsp3) is 0.733. The molecule has 0 bridgehead atoms. The van der Waals surface area contributed by atoms with Gasteiger partial charge in [-0.05, 0) is 19.3 Å². The molecule has 1 aliphatic rings. The van der Waals surface area contributed by atoms with Crippen LogP contribution in [0.1, 0.15) is 31.0 Å². The summed E-state index contributed by atoms with van der Waals surface area (Å²) in [6.07, 6.45) is 0.815. The molecule has 0 radical (unpaired) electrons. The lowest BCUT2D eigenvalue weighted by Crippen LogP contribution is -2.36. The Morgan fingerprint density at radius 3 is 2.86 bits per heavy atom. The molecule has 2 heterocycles. The molecule has 2 rings (SSSR count). The highest BCUT2D eigenvalue weighted by Gasteiger charge is 2.20. The third-order valence-corrected chi connectivity index (χ3v) is 4.26. The summed E-state index contributed by atoms with van der Waals surface area (Å²) < 4.78 is 5.31. The second-order valence-electron chi connectivity index (χ2n) is 5.95. The summed E-state index contributed by atoms with van der Waals surface area (Å²) in [6, 6.07) is 0. The standard InChI is InChI=1S/C15H25N3O2S/c1-12(2)10-20-15(19)18-6-4-5-17(7-8-18)9-14-11-21-13(3)16-14/h11-12H,4-10H2,1-3H3. The molecule has 0 N–H and O–H groups in total. The third-order valence-electron chi connectivity index (χ3n) is 3.44. The number of amides is 1. The van der Waals surface area contributed by atoms with Gasteiger partial charge in [-0.25, -0.2) is 9.78 Å². The highest BCUT2D eigenvalue weighted by molar-refractivity contribution is 7.09. The number of hydrogen-bond acceptors (Lipinski definition) is 5. The van der Waals surface area contributed by atoms with Gasteiger partial charge in [-0.15, -0.1) is 11.3 Å². The maximum atomic E-state index is 12.0. The third kappa shape index (κ3) is 5.28. The Morgan fingerprint density at radius 1 is 1.38 bits per heavy atom. The van der Waals surface area contributed by atoms with Gasteiger partial charge in [0.05, 0.1) is 17.3 Å². The second-order valence-corrected chi connectivity index (χ2v) is 7.01. The van der Waals surface area contributed by atoms with Crippen LogP contribution < -0.4 is 0 Å². The first-order valence-electron chi connectivity index (χ1n) is 7.59. The second kappa shape index (κ2) is 7.75. The minimum absolute atomic E-state index is 0.171. The van der Waals surface area contributed by atoms with Crippen LogP contribution >= 0.6 is 11.3 Å². The quantitative estimate of drug-likeness (QED) is 0.858. The Labute approximate surface area is 130 Å². The SMILES string of the molecule is Cc1nc(CN2CCCN(C(=O)OCC(C)C)CC2)cs1. The number of thiazole rings is 1. The van der Waals surface area contributed by atoms with Gasteiger partial charge in [0.2, 0.25) is 0 Å². The van der Waals surface area contributed by atoms with Crippen molar-refractivity contribution in [3.8, 4) is 0 Å². The molecule has 1 aliphatic heterocycles. The van der Waals surface area contributed by atoms with Gasteiger partial charge in [0, 0.05) is 38.1 Å². The lowest BCUT2D eigenvalue weighted by Gasteiger charge is -2.21. The average molecular weight is 311 g/mol. The summed E-state index contributed by atoms with van der Waals surface area (Å²) in [5.41, 5.74) is 1.13. The van der Waals surface area contributed by atoms with Crippen LogP contribution in [0.2, 0.25) is 0 Å². The highest BCUT2D eigenvalue weighted by atomic mass is 32.1. The monoisotopic (exact) mass is 311 g/mol. The van der Waals surface area contributed by atoms with Crippen LogP contribution in [0.25, 0.3) is 0 Å². The zero-order valence-corrected chi connectivity index (χ0v) is 14.0. The van der Waals surface area contributed by atoms with E-state index in [9.17, 15) is 4.79 Å². The minimum atomic E-state index is -0.171. The number of aromatic nitrogens is 1. The van der Waals surface area contributed by atoms with Crippen LogP contribution in [0.4, 0.5) is 4.79 Å². The van der Waals surface area contributed by atoms with Crippen molar-refractivity contribution in [1.29, 1.82) is 0 Å². The maximum absolute atomic E-state index is 12.0. The first kappa shape index (κ1) is 16.2. The molecule has 1 aromatic rings. The van der Waals surface area contributed by atoms with E-state index in [1.54, 1.807) is 11.3 Å². The number of carbonyl (C=O) groups is 1. The van der Waals surface area contributed by atoms with Crippen LogP contribution in [0, 0.1) is 12.8 Å². The largest absolute Gasteiger partial charge is 0.449 e. The van der Waals surface area contributed by atoms with E-state index in [0.29, 0.717) is 12.5 Å². The van der Waals surface area contributed by atoms with E-state index in [0.717, 1.165) is 49.8 Å². The van der Waals surface area contributed by atoms with Crippen molar-refractivity contribution in [3.63, 3.8) is 0 Å². The molecule has 6 heteroatoms. The Bertz CT molecular complexity index is 462. The van der Waals surface area contributed by atoms with Crippen molar-refractivity contribution in [2.24, 2.45) is 5.92 Å². The Kier molecular flexibility index (Phi) is 5.99. The van der Waals surface area contributed by atoms with Gasteiger partial charge in [0.25, 0.3) is 0 Å². The molecule has 1 amide bonds. The first-order chi connectivity index (χ1) is 10.0. The van der Waals surface area contributed by atoms with Gasteiger partial charge in [-0.3, -0.25) is 4.90 Å². The van der Waals surface area contributed by atoms with Crippen molar-refractivity contribution >= 4 is 17.4 Å². The normalized spacial score (nSPS) is 17.0. The molecule has 0 saturated carbocycles. The van der Waals surface area contributed by atoms with E-state index in [1.165, 1.54) is 0 Å². The predicted molar refractivity (Wildman–Crippen MR) is 84.5 cm³/mol. The average Bonchev–Trinajstić information content (AvgIpc) is 2.71. The van der Waals surface area contributed by atoms with Gasteiger partial charge in [-0.2, -0.15) is 0 Å². The molecule has 0 aliphatic carbocycles. The van der Waals surface area contributed by atoms with Crippen LogP contribution in [0.15, 0.2) is 5.38 Å². The van der Waals surface area contributed by atoms with Gasteiger partial charge in [0.15, 0.2) is 0 Å². The molecule has 5 nitrogen and oxygen atoms in total. The van der Waals surface area contributed by atoms with Gasteiger partial charge >= 0.3 is 6.09 Å². The van der Waals surface area contributed by atoms with Crippen LogP contribution in [-0.2, 0) is 11.3 Å². The zero-order valence-electron chi connectivity index (χ0n) is 13.2. The summed E-state index contributed by atoms with van der Waals surface area (Å²) in [4.78, 5) is 20.7. The highest BCUT2D eigenvalue weighted by Crippen LogP contribution is 2.13. The van der Waals surface area contributed by atoms with E-state index in [4.69, 9.17) is 4.74 Å². The first-order valence-corrected chi connectivity index (χ1v) is 8.47. The fourth-order valence-corrected chi connectivity index (χ4v) is 2.95. The van der Waals surface area contributed by atoms with Crippen LogP contribution in [-0.4, -0.2) is 53.7 Å². The summed E-state index contributed by atoms with van der Waals surface area (Å²) in [6.45, 7) is 10.9. The van der Waals surface area contributed by atoms with Crippen LogP contribution in [0.3, 0.4) is 0 Å². The Morgan fingerprint density at radius 2 is 2.19 bits per heavy atom. The van der Waals surface area contributed by atoms with Crippen molar-refractivity contribution in [2.75, 3.05) is 32.8 Å². The molecule has 0 atom stereocenters. The molecule has 0 aromatic carbocycles. The number of rotatable bonds is 4. The van der Waals surface area contributed by atoms with Crippen molar-refractivity contribution < 1.29 is 9.53 Å². The van der Waals surface area contributed by atoms with E-state index < -0.39 is 0 Å². The number of nitrogens with zero attached hydrogens (tertiary/aromatic N) is 3. The summed E-state index contributed by atoms with van der Waals surface area (Å²) in [5.74, 6) is 0.380. The number of aryl methyl sites for hydroxylation is 1. The summed E-state index contributed by atoms with van der Waals surface area (Å²) >= 11 is 1.69. The topological polar surface area (TPSA) is 45.7 Å². The lowest BCUT2D eigenvalue weighted by molar-refractivity contribution is 0.0930. The Balaban J connectivity index is 1.80. The van der Waals surface area contributed by atoms with Gasteiger partial charge < -0.3 is 9.64 Å². The zero-order chi connectivity index (χ0) is 15.2. The summed E-state index contributed by atoms with van der Waals surface area (Å²) in [7, 11) is 0. The minimum Gasteiger partial charge on any atom is -0.449 e. The molecule has 118 valence electrons. The van der Waals surface area contributed by atoms with E-state index in [-0.39, 0.29) is 6.09 Å². The molecule has 21 heavy (non-hydrogen) atoms. The molecule has 1 aromatic heterocycles. The number of hydrogen-bond donors (Lipinski definition) is 0. The molecule has 0 spiro atoms. The van der Waals surface area contributed by atoms with Crippen molar-refractivity contribution in [1.82, 2.24) is 14.8 Å². The smallest absolute Gasteiger partial charge is 0.409 e. The van der Waals surface area contributed by atoms with Crippen molar-refractivity contribution in [2.45, 2.75) is 33.7 Å². The molecular weight excluding hydrogens is 286 g/mol. The Hall–Kier alpha value is -1.14. The predicted octanol–water partition coefficient (Wildman–Crippen LogP) is 2.75. The van der Waals surface area contributed by atoms with E-state index >= 15 is 0 Å². The lowest BCUT2D eigenvalue weighted by atomic mass is 10.2. The van der Waals surface area contributed by atoms with Crippen LogP contribution in [0.5, 0.6) is 0 Å². The van der Waals surface area contributed by atoms with Gasteiger partial charge in [-0.1, -0.05) is 13.8 Å². The van der Waals surface area contributed by atoms with E-state index in [2.05, 4.69) is 15.3 Å². The molecule has 1 saturated heterocycles. The number of ether oxygens (including phenoxy) is 1.